The molecule has 0 aliphatic heterocycles. The van der Waals surface area contributed by atoms with Crippen LogP contribution in [0.25, 0.3) is 0 Å². The molecule has 0 radical (unpaired) electrons. The van der Waals surface area contributed by atoms with Gasteiger partial charge in [-0.05, 0) is 32.9 Å². The quantitative estimate of drug-likeness (QED) is 0.658. The topological polar surface area (TPSA) is 50.8 Å². The van der Waals surface area contributed by atoms with E-state index in [0.29, 0.717) is 6.61 Å². The molecule has 124 valence electrons. The van der Waals surface area contributed by atoms with Crippen molar-refractivity contribution in [3.05, 3.63) is 0 Å². The molecule has 0 aromatic rings. The van der Waals surface area contributed by atoms with E-state index in [4.69, 9.17) is 9.47 Å². The standard InChI is InChI=1S/C16H32N2O3/c1-5-18(6-2)13-12-17-16(15(19)21-7-3)11-9-8-10-14(16)20-4/h14,17H,5-13H2,1-4H3. The number of carbonyl (C=O) groups is 1. The van der Waals surface area contributed by atoms with Crippen LogP contribution >= 0.6 is 0 Å². The van der Waals surface area contributed by atoms with Crippen LogP contribution in [0.1, 0.15) is 46.5 Å². The van der Waals surface area contributed by atoms with Gasteiger partial charge in [-0.1, -0.05) is 26.7 Å². The lowest BCUT2D eigenvalue weighted by Crippen LogP contribution is -2.63. The summed E-state index contributed by atoms with van der Waals surface area (Å²) < 4.78 is 10.9. The van der Waals surface area contributed by atoms with Gasteiger partial charge in [0.15, 0.2) is 0 Å². The molecule has 0 heterocycles. The summed E-state index contributed by atoms with van der Waals surface area (Å²) in [6.45, 7) is 10.3. The predicted molar refractivity (Wildman–Crippen MR) is 84.4 cm³/mol. The third kappa shape index (κ3) is 4.66. The molecule has 1 aliphatic rings. The smallest absolute Gasteiger partial charge is 0.329 e. The number of hydrogen-bond donors (Lipinski definition) is 1. The van der Waals surface area contributed by atoms with Gasteiger partial charge in [0.2, 0.25) is 0 Å². The zero-order valence-electron chi connectivity index (χ0n) is 14.1. The normalized spacial score (nSPS) is 26.0. The molecular formula is C16H32N2O3. The lowest BCUT2D eigenvalue weighted by atomic mass is 9.78. The number of hydrogen-bond acceptors (Lipinski definition) is 5. The summed E-state index contributed by atoms with van der Waals surface area (Å²) in [5, 5.41) is 3.48. The van der Waals surface area contributed by atoms with Gasteiger partial charge in [0.1, 0.15) is 5.54 Å². The molecule has 2 unspecified atom stereocenters. The molecule has 0 bridgehead atoms. The number of carbonyl (C=O) groups excluding carboxylic acids is 1. The lowest BCUT2D eigenvalue weighted by Gasteiger charge is -2.42. The van der Waals surface area contributed by atoms with Gasteiger partial charge in [-0.15, -0.1) is 0 Å². The monoisotopic (exact) mass is 300 g/mol. The number of methoxy groups -OCH3 is 1. The van der Waals surface area contributed by atoms with E-state index in [1.54, 1.807) is 7.11 Å². The molecule has 5 nitrogen and oxygen atoms in total. The summed E-state index contributed by atoms with van der Waals surface area (Å²) in [4.78, 5) is 14.9. The minimum Gasteiger partial charge on any atom is -0.465 e. The van der Waals surface area contributed by atoms with Gasteiger partial charge in [0.05, 0.1) is 12.7 Å². The zero-order valence-corrected chi connectivity index (χ0v) is 14.1. The molecule has 0 spiro atoms. The number of ether oxygens (including phenoxy) is 2. The molecule has 0 amide bonds. The van der Waals surface area contributed by atoms with E-state index in [-0.39, 0.29) is 12.1 Å². The van der Waals surface area contributed by atoms with Gasteiger partial charge in [0.25, 0.3) is 0 Å². The molecule has 1 saturated carbocycles. The van der Waals surface area contributed by atoms with E-state index >= 15 is 0 Å². The first-order valence-electron chi connectivity index (χ1n) is 8.31. The van der Waals surface area contributed by atoms with Crippen molar-refractivity contribution in [1.82, 2.24) is 10.2 Å². The van der Waals surface area contributed by atoms with Crippen molar-refractivity contribution < 1.29 is 14.3 Å². The molecule has 2 atom stereocenters. The van der Waals surface area contributed by atoms with Crippen LogP contribution < -0.4 is 5.32 Å². The van der Waals surface area contributed by atoms with Crippen LogP contribution in [-0.2, 0) is 14.3 Å². The Bertz CT molecular complexity index is 308. The number of esters is 1. The van der Waals surface area contributed by atoms with Crippen molar-refractivity contribution in [3.8, 4) is 0 Å². The van der Waals surface area contributed by atoms with Crippen molar-refractivity contribution in [2.45, 2.75) is 58.1 Å². The highest BCUT2D eigenvalue weighted by Gasteiger charge is 2.48. The molecule has 1 fully saturated rings. The highest BCUT2D eigenvalue weighted by Crippen LogP contribution is 2.31. The van der Waals surface area contributed by atoms with Gasteiger partial charge in [-0.3, -0.25) is 5.32 Å². The molecule has 1 N–H and O–H groups in total. The Labute approximate surface area is 129 Å². The number of nitrogens with one attached hydrogen (secondary N) is 1. The fourth-order valence-electron chi connectivity index (χ4n) is 3.20. The Morgan fingerprint density at radius 3 is 2.57 bits per heavy atom. The van der Waals surface area contributed by atoms with Crippen LogP contribution in [0.15, 0.2) is 0 Å². The van der Waals surface area contributed by atoms with Crippen LogP contribution in [-0.4, -0.2) is 62.4 Å². The van der Waals surface area contributed by atoms with E-state index in [1.807, 2.05) is 6.92 Å². The fraction of sp³-hybridized carbons (Fsp3) is 0.938. The summed E-state index contributed by atoms with van der Waals surface area (Å²) in [7, 11) is 1.69. The van der Waals surface area contributed by atoms with Gasteiger partial charge < -0.3 is 14.4 Å². The maximum absolute atomic E-state index is 12.5. The van der Waals surface area contributed by atoms with Crippen molar-refractivity contribution >= 4 is 5.97 Å². The van der Waals surface area contributed by atoms with E-state index in [1.165, 1.54) is 0 Å². The Hall–Kier alpha value is -0.650. The average molecular weight is 300 g/mol. The van der Waals surface area contributed by atoms with Crippen LogP contribution in [0.5, 0.6) is 0 Å². The average Bonchev–Trinajstić information content (AvgIpc) is 2.52. The minimum atomic E-state index is -0.670. The van der Waals surface area contributed by atoms with E-state index in [0.717, 1.165) is 51.9 Å². The van der Waals surface area contributed by atoms with E-state index < -0.39 is 5.54 Å². The first-order valence-corrected chi connectivity index (χ1v) is 8.31. The molecule has 21 heavy (non-hydrogen) atoms. The van der Waals surface area contributed by atoms with Crippen molar-refractivity contribution in [1.29, 1.82) is 0 Å². The van der Waals surface area contributed by atoms with Crippen molar-refractivity contribution in [2.75, 3.05) is 39.9 Å². The van der Waals surface area contributed by atoms with Gasteiger partial charge in [-0.2, -0.15) is 0 Å². The van der Waals surface area contributed by atoms with Crippen LogP contribution in [0.3, 0.4) is 0 Å². The minimum absolute atomic E-state index is 0.0954. The van der Waals surface area contributed by atoms with Crippen LogP contribution in [0.4, 0.5) is 0 Å². The largest absolute Gasteiger partial charge is 0.465 e. The third-order valence-corrected chi connectivity index (χ3v) is 4.52. The Morgan fingerprint density at radius 1 is 1.29 bits per heavy atom. The second kappa shape index (κ2) is 9.38. The predicted octanol–water partition coefficient (Wildman–Crippen LogP) is 1.81. The summed E-state index contributed by atoms with van der Waals surface area (Å²) in [6.07, 6.45) is 3.76. The molecule has 0 aromatic heterocycles. The lowest BCUT2D eigenvalue weighted by molar-refractivity contribution is -0.161. The summed E-state index contributed by atoms with van der Waals surface area (Å²) in [5.74, 6) is -0.156. The van der Waals surface area contributed by atoms with Gasteiger partial charge in [-0.25, -0.2) is 4.79 Å². The third-order valence-electron chi connectivity index (χ3n) is 4.52. The number of rotatable bonds is 9. The van der Waals surface area contributed by atoms with Gasteiger partial charge >= 0.3 is 5.97 Å². The fourth-order valence-corrected chi connectivity index (χ4v) is 3.20. The maximum atomic E-state index is 12.5. The first kappa shape index (κ1) is 18.4. The Balaban J connectivity index is 2.74. The zero-order chi connectivity index (χ0) is 15.7. The van der Waals surface area contributed by atoms with Crippen molar-refractivity contribution in [3.63, 3.8) is 0 Å². The van der Waals surface area contributed by atoms with E-state index in [9.17, 15) is 4.79 Å². The van der Waals surface area contributed by atoms with Gasteiger partial charge in [0, 0.05) is 20.2 Å². The van der Waals surface area contributed by atoms with Crippen LogP contribution in [0, 0.1) is 0 Å². The summed E-state index contributed by atoms with van der Waals surface area (Å²) >= 11 is 0. The maximum Gasteiger partial charge on any atom is 0.329 e. The molecule has 0 aromatic carbocycles. The Morgan fingerprint density at radius 2 is 2.00 bits per heavy atom. The molecule has 1 aliphatic carbocycles. The number of nitrogens with zero attached hydrogens (tertiary/aromatic N) is 1. The highest BCUT2D eigenvalue weighted by molar-refractivity contribution is 5.82. The second-order valence-corrected chi connectivity index (χ2v) is 5.62. The summed E-state index contributed by atoms with van der Waals surface area (Å²) in [6, 6.07) is 0. The highest BCUT2D eigenvalue weighted by atomic mass is 16.5. The molecular weight excluding hydrogens is 268 g/mol. The SMILES string of the molecule is CCOC(=O)C1(NCCN(CC)CC)CCCCC1OC. The van der Waals surface area contributed by atoms with Crippen LogP contribution in [0.2, 0.25) is 0 Å². The Kier molecular flexibility index (Phi) is 8.22. The molecule has 5 heteroatoms. The first-order chi connectivity index (χ1) is 10.1. The molecule has 1 rings (SSSR count). The van der Waals surface area contributed by atoms with Crippen molar-refractivity contribution in [2.24, 2.45) is 0 Å². The molecule has 0 saturated heterocycles. The second-order valence-electron chi connectivity index (χ2n) is 5.62. The summed E-state index contributed by atoms with van der Waals surface area (Å²) in [5.41, 5.74) is -0.670. The number of likely N-dealkylation sites (N-methyl/N-ethyl adjacent to an activating group) is 1. The van der Waals surface area contributed by atoms with E-state index in [2.05, 4.69) is 24.1 Å².